The second kappa shape index (κ2) is 5.91. The first-order valence-corrected chi connectivity index (χ1v) is 8.33. The van der Waals surface area contributed by atoms with Gasteiger partial charge in [0.2, 0.25) is 0 Å². The summed E-state index contributed by atoms with van der Waals surface area (Å²) in [5.41, 5.74) is 1.64. The summed E-state index contributed by atoms with van der Waals surface area (Å²) in [6.07, 6.45) is 1.68. The molecule has 0 aliphatic carbocycles. The maximum Gasteiger partial charge on any atom is 0.339 e. The van der Waals surface area contributed by atoms with Crippen LogP contribution >= 0.6 is 0 Å². The van der Waals surface area contributed by atoms with Crippen LogP contribution in [0.2, 0.25) is 0 Å². The molecule has 0 amide bonds. The van der Waals surface area contributed by atoms with Crippen LogP contribution in [0.15, 0.2) is 48.7 Å². The van der Waals surface area contributed by atoms with Gasteiger partial charge in [0, 0.05) is 37.8 Å². The summed E-state index contributed by atoms with van der Waals surface area (Å²) in [5, 5.41) is 9.43. The summed E-state index contributed by atoms with van der Waals surface area (Å²) in [5.74, 6) is 0.741. The number of rotatable bonds is 3. The van der Waals surface area contributed by atoms with Gasteiger partial charge < -0.3 is 10.0 Å². The standard InChI is InChI=1S/C19H21N3O2/c1-21-10-14-11-22(18-15(19(23)24)8-5-9-20-18)12-16(14)17(21)13-6-3-2-4-7-13/h2-9,14,16-17H,10-12H2,1H3,(H,23,24)/t14-,16+,17-/m0/s1. The summed E-state index contributed by atoms with van der Waals surface area (Å²) in [6.45, 7) is 2.76. The molecule has 124 valence electrons. The lowest BCUT2D eigenvalue weighted by Gasteiger charge is -2.27. The van der Waals surface area contributed by atoms with Gasteiger partial charge in [0.15, 0.2) is 0 Å². The van der Waals surface area contributed by atoms with Crippen LogP contribution in [0.25, 0.3) is 0 Å². The molecule has 5 nitrogen and oxygen atoms in total. The van der Waals surface area contributed by atoms with Crippen LogP contribution in [0.1, 0.15) is 22.0 Å². The van der Waals surface area contributed by atoms with Gasteiger partial charge in [0.25, 0.3) is 0 Å². The molecule has 1 aromatic heterocycles. The molecule has 2 aromatic rings. The molecule has 1 aromatic carbocycles. The summed E-state index contributed by atoms with van der Waals surface area (Å²) in [7, 11) is 2.18. The van der Waals surface area contributed by atoms with E-state index in [1.54, 1.807) is 18.3 Å². The Morgan fingerprint density at radius 3 is 2.67 bits per heavy atom. The quantitative estimate of drug-likeness (QED) is 0.940. The van der Waals surface area contributed by atoms with Crippen molar-refractivity contribution in [3.8, 4) is 0 Å². The predicted octanol–water partition coefficient (Wildman–Crippen LogP) is 2.52. The third-order valence-electron chi connectivity index (χ3n) is 5.35. The van der Waals surface area contributed by atoms with Crippen molar-refractivity contribution in [2.45, 2.75) is 6.04 Å². The van der Waals surface area contributed by atoms with Gasteiger partial charge in [-0.25, -0.2) is 9.78 Å². The fraction of sp³-hybridized carbons (Fsp3) is 0.368. The summed E-state index contributed by atoms with van der Waals surface area (Å²) < 4.78 is 0. The largest absolute Gasteiger partial charge is 0.478 e. The van der Waals surface area contributed by atoms with Crippen molar-refractivity contribution in [1.29, 1.82) is 0 Å². The fourth-order valence-corrected chi connectivity index (χ4v) is 4.40. The SMILES string of the molecule is CN1C[C@H]2CN(c3ncccc3C(=O)O)C[C@H]2[C@@H]1c1ccccc1. The van der Waals surface area contributed by atoms with E-state index in [-0.39, 0.29) is 0 Å². The van der Waals surface area contributed by atoms with E-state index in [4.69, 9.17) is 0 Å². The van der Waals surface area contributed by atoms with E-state index in [2.05, 4.69) is 46.1 Å². The molecule has 0 spiro atoms. The van der Waals surface area contributed by atoms with Gasteiger partial charge in [-0.2, -0.15) is 0 Å². The lowest BCUT2D eigenvalue weighted by Crippen LogP contribution is -2.30. The van der Waals surface area contributed by atoms with Gasteiger partial charge in [-0.3, -0.25) is 4.90 Å². The average molecular weight is 323 g/mol. The molecular formula is C19H21N3O2. The highest BCUT2D eigenvalue weighted by Gasteiger charge is 2.46. The number of carbonyl (C=O) groups is 1. The summed E-state index contributed by atoms with van der Waals surface area (Å²) >= 11 is 0. The Morgan fingerprint density at radius 1 is 1.12 bits per heavy atom. The van der Waals surface area contributed by atoms with Crippen molar-refractivity contribution < 1.29 is 9.90 Å². The number of anilines is 1. The normalized spacial score (nSPS) is 26.5. The Bertz CT molecular complexity index is 749. The smallest absolute Gasteiger partial charge is 0.339 e. The van der Waals surface area contributed by atoms with Gasteiger partial charge in [0.05, 0.1) is 0 Å². The van der Waals surface area contributed by atoms with Crippen molar-refractivity contribution in [3.05, 3.63) is 59.8 Å². The Hall–Kier alpha value is -2.40. The maximum atomic E-state index is 11.5. The molecule has 1 N–H and O–H groups in total. The number of carboxylic acids is 1. The van der Waals surface area contributed by atoms with E-state index in [9.17, 15) is 9.90 Å². The number of aromatic nitrogens is 1. The number of likely N-dealkylation sites (tertiary alicyclic amines) is 1. The monoisotopic (exact) mass is 323 g/mol. The van der Waals surface area contributed by atoms with Crippen molar-refractivity contribution in [1.82, 2.24) is 9.88 Å². The molecule has 3 atom stereocenters. The van der Waals surface area contributed by atoms with E-state index in [1.165, 1.54) is 5.56 Å². The molecule has 5 heteroatoms. The Kier molecular flexibility index (Phi) is 3.73. The van der Waals surface area contributed by atoms with Gasteiger partial charge in [-0.1, -0.05) is 30.3 Å². The first kappa shape index (κ1) is 15.1. The van der Waals surface area contributed by atoms with Crippen molar-refractivity contribution >= 4 is 11.8 Å². The van der Waals surface area contributed by atoms with E-state index in [1.807, 2.05) is 6.07 Å². The zero-order valence-corrected chi connectivity index (χ0v) is 13.7. The molecule has 2 aliphatic rings. The van der Waals surface area contributed by atoms with Crippen LogP contribution in [-0.2, 0) is 0 Å². The fourth-order valence-electron chi connectivity index (χ4n) is 4.40. The number of pyridine rings is 1. The molecule has 24 heavy (non-hydrogen) atoms. The first-order valence-electron chi connectivity index (χ1n) is 8.33. The van der Waals surface area contributed by atoms with Gasteiger partial charge in [-0.15, -0.1) is 0 Å². The molecule has 0 bridgehead atoms. The Labute approximate surface area is 141 Å². The number of carboxylic acid groups (broad SMARTS) is 1. The van der Waals surface area contributed by atoms with Gasteiger partial charge in [0.1, 0.15) is 11.4 Å². The zero-order chi connectivity index (χ0) is 16.7. The third-order valence-corrected chi connectivity index (χ3v) is 5.35. The minimum atomic E-state index is -0.910. The predicted molar refractivity (Wildman–Crippen MR) is 92.2 cm³/mol. The van der Waals surface area contributed by atoms with E-state index in [0.717, 1.165) is 19.6 Å². The Balaban J connectivity index is 1.62. The number of aromatic carboxylic acids is 1. The number of fused-ring (bicyclic) bond motifs is 1. The maximum absolute atomic E-state index is 11.5. The molecule has 2 aliphatic heterocycles. The van der Waals surface area contributed by atoms with E-state index in [0.29, 0.717) is 29.3 Å². The van der Waals surface area contributed by atoms with Crippen LogP contribution in [0.4, 0.5) is 5.82 Å². The third kappa shape index (κ3) is 2.45. The summed E-state index contributed by atoms with van der Waals surface area (Å²) in [4.78, 5) is 20.4. The minimum Gasteiger partial charge on any atom is -0.478 e. The lowest BCUT2D eigenvalue weighted by atomic mass is 9.90. The molecule has 2 saturated heterocycles. The van der Waals surface area contributed by atoms with Crippen molar-refractivity contribution in [2.24, 2.45) is 11.8 Å². The molecule has 0 unspecified atom stereocenters. The highest BCUT2D eigenvalue weighted by atomic mass is 16.4. The molecule has 0 saturated carbocycles. The van der Waals surface area contributed by atoms with Crippen LogP contribution in [0.3, 0.4) is 0 Å². The number of nitrogens with zero attached hydrogens (tertiary/aromatic N) is 3. The van der Waals surface area contributed by atoms with Crippen molar-refractivity contribution in [3.63, 3.8) is 0 Å². The number of hydrogen-bond donors (Lipinski definition) is 1. The highest BCUT2D eigenvalue weighted by Crippen LogP contribution is 2.45. The van der Waals surface area contributed by atoms with E-state index < -0.39 is 5.97 Å². The molecular weight excluding hydrogens is 302 g/mol. The second-order valence-corrected chi connectivity index (χ2v) is 6.80. The molecule has 4 rings (SSSR count). The van der Waals surface area contributed by atoms with Crippen molar-refractivity contribution in [2.75, 3.05) is 31.6 Å². The number of hydrogen-bond acceptors (Lipinski definition) is 4. The minimum absolute atomic E-state index is 0.294. The lowest BCUT2D eigenvalue weighted by molar-refractivity contribution is 0.0697. The first-order chi connectivity index (χ1) is 11.6. The van der Waals surface area contributed by atoms with Gasteiger partial charge in [-0.05, 0) is 30.7 Å². The average Bonchev–Trinajstić information content (AvgIpc) is 3.12. The van der Waals surface area contributed by atoms with E-state index >= 15 is 0 Å². The topological polar surface area (TPSA) is 56.7 Å². The van der Waals surface area contributed by atoms with Crippen LogP contribution < -0.4 is 4.90 Å². The Morgan fingerprint density at radius 2 is 1.92 bits per heavy atom. The zero-order valence-electron chi connectivity index (χ0n) is 13.7. The van der Waals surface area contributed by atoms with Crippen LogP contribution in [-0.4, -0.2) is 47.6 Å². The second-order valence-electron chi connectivity index (χ2n) is 6.80. The highest BCUT2D eigenvalue weighted by molar-refractivity contribution is 5.93. The molecule has 3 heterocycles. The van der Waals surface area contributed by atoms with Gasteiger partial charge >= 0.3 is 5.97 Å². The molecule has 2 fully saturated rings. The number of benzene rings is 1. The molecule has 0 radical (unpaired) electrons. The summed E-state index contributed by atoms with van der Waals surface area (Å²) in [6, 6.07) is 14.3. The van der Waals surface area contributed by atoms with Crippen LogP contribution in [0, 0.1) is 11.8 Å². The van der Waals surface area contributed by atoms with Crippen LogP contribution in [0.5, 0.6) is 0 Å².